The van der Waals surface area contributed by atoms with Crippen molar-refractivity contribution in [1.29, 1.82) is 0 Å². The number of hydrogen-bond acceptors (Lipinski definition) is 2. The third-order valence-electron chi connectivity index (χ3n) is 2.95. The lowest BCUT2D eigenvalue weighted by molar-refractivity contribution is 0.632. The van der Waals surface area contributed by atoms with Gasteiger partial charge in [-0.3, -0.25) is 0 Å². The summed E-state index contributed by atoms with van der Waals surface area (Å²) in [5, 5.41) is 0.844. The van der Waals surface area contributed by atoms with Gasteiger partial charge in [-0.15, -0.1) is 23.5 Å². The van der Waals surface area contributed by atoms with Crippen LogP contribution in [0.5, 0.6) is 0 Å². The summed E-state index contributed by atoms with van der Waals surface area (Å²) in [6.07, 6.45) is 6.97. The van der Waals surface area contributed by atoms with Gasteiger partial charge in [0.15, 0.2) is 0 Å². The first-order valence-corrected chi connectivity index (χ1v) is 8.15. The largest absolute Gasteiger partial charge is 0.124 e. The second-order valence-electron chi connectivity index (χ2n) is 4.35. The zero-order valence-electron chi connectivity index (χ0n) is 9.95. The lowest BCUT2D eigenvalue weighted by atomic mass is 10.1. The topological polar surface area (TPSA) is 0 Å². The molecule has 1 aliphatic rings. The molecular formula is C14H20S2. The summed E-state index contributed by atoms with van der Waals surface area (Å²) >= 11 is 4.13. The zero-order chi connectivity index (χ0) is 11.2. The highest BCUT2D eigenvalue weighted by Crippen LogP contribution is 2.41. The van der Waals surface area contributed by atoms with Gasteiger partial charge in [-0.2, -0.15) is 0 Å². The molecule has 1 unspecified atom stereocenters. The number of rotatable bonds is 5. The first kappa shape index (κ1) is 12.4. The Balaban J connectivity index is 1.79. The van der Waals surface area contributed by atoms with Crippen molar-refractivity contribution in [1.82, 2.24) is 0 Å². The van der Waals surface area contributed by atoms with E-state index in [1.807, 2.05) is 11.8 Å². The molecule has 1 aromatic carbocycles. The summed E-state index contributed by atoms with van der Waals surface area (Å²) in [6.45, 7) is 2.28. The summed E-state index contributed by atoms with van der Waals surface area (Å²) in [5.41, 5.74) is 0. The smallest absolute Gasteiger partial charge is 0.0211 e. The SMILES string of the molecule is CCCCCCC1CSc2ccccc2S1. The highest BCUT2D eigenvalue weighted by atomic mass is 32.2. The predicted octanol–water partition coefficient (Wildman–Crippen LogP) is 5.22. The number of thioether (sulfide) groups is 2. The van der Waals surface area contributed by atoms with Crippen LogP contribution in [0.25, 0.3) is 0 Å². The standard InChI is InChI=1S/C14H20S2/c1-2-3-4-5-8-12-11-15-13-9-6-7-10-14(13)16-12/h6-7,9-10,12H,2-5,8,11H2,1H3. The fraction of sp³-hybridized carbons (Fsp3) is 0.571. The van der Waals surface area contributed by atoms with Gasteiger partial charge in [0.2, 0.25) is 0 Å². The molecule has 0 bridgehead atoms. The highest BCUT2D eigenvalue weighted by molar-refractivity contribution is 8.06. The van der Waals surface area contributed by atoms with Gasteiger partial charge in [0.1, 0.15) is 0 Å². The van der Waals surface area contributed by atoms with Crippen LogP contribution in [0.2, 0.25) is 0 Å². The van der Waals surface area contributed by atoms with E-state index < -0.39 is 0 Å². The Morgan fingerprint density at radius 2 is 1.94 bits per heavy atom. The molecular weight excluding hydrogens is 232 g/mol. The Bertz CT molecular complexity index is 322. The summed E-state index contributed by atoms with van der Waals surface area (Å²) in [6, 6.07) is 8.82. The van der Waals surface area contributed by atoms with E-state index in [1.54, 1.807) is 0 Å². The van der Waals surface area contributed by atoms with Crippen LogP contribution in [-0.4, -0.2) is 11.0 Å². The highest BCUT2D eigenvalue weighted by Gasteiger charge is 2.18. The van der Waals surface area contributed by atoms with Crippen molar-refractivity contribution < 1.29 is 0 Å². The quantitative estimate of drug-likeness (QED) is 0.659. The van der Waals surface area contributed by atoms with E-state index in [9.17, 15) is 0 Å². The number of benzene rings is 1. The van der Waals surface area contributed by atoms with Gasteiger partial charge in [0.25, 0.3) is 0 Å². The average molecular weight is 252 g/mol. The predicted molar refractivity (Wildman–Crippen MR) is 75.6 cm³/mol. The summed E-state index contributed by atoms with van der Waals surface area (Å²) < 4.78 is 0. The first-order chi connectivity index (χ1) is 7.90. The lowest BCUT2D eigenvalue weighted by Gasteiger charge is -2.23. The molecule has 2 rings (SSSR count). The van der Waals surface area contributed by atoms with E-state index in [0.29, 0.717) is 0 Å². The van der Waals surface area contributed by atoms with Crippen molar-refractivity contribution in [3.05, 3.63) is 24.3 Å². The second-order valence-corrected chi connectivity index (χ2v) is 6.75. The molecule has 0 radical (unpaired) electrons. The number of fused-ring (bicyclic) bond motifs is 1. The molecule has 0 N–H and O–H groups in total. The van der Waals surface area contributed by atoms with Crippen LogP contribution in [0.1, 0.15) is 39.0 Å². The third-order valence-corrected chi connectivity index (χ3v) is 5.87. The van der Waals surface area contributed by atoms with Gasteiger partial charge < -0.3 is 0 Å². The fourth-order valence-corrected chi connectivity index (χ4v) is 4.70. The molecule has 1 atom stereocenters. The minimum absolute atomic E-state index is 0.844. The second kappa shape index (κ2) is 6.61. The molecule has 1 aliphatic heterocycles. The van der Waals surface area contributed by atoms with Gasteiger partial charge in [0, 0.05) is 20.8 Å². The van der Waals surface area contributed by atoms with Crippen LogP contribution in [0.4, 0.5) is 0 Å². The van der Waals surface area contributed by atoms with Crippen LogP contribution in [0, 0.1) is 0 Å². The normalized spacial score (nSPS) is 19.4. The summed E-state index contributed by atoms with van der Waals surface area (Å²) in [5.74, 6) is 1.30. The molecule has 0 saturated carbocycles. The lowest BCUT2D eigenvalue weighted by Crippen LogP contribution is -2.10. The van der Waals surface area contributed by atoms with Crippen LogP contribution >= 0.6 is 23.5 Å². The molecule has 0 fully saturated rings. The van der Waals surface area contributed by atoms with E-state index in [4.69, 9.17) is 0 Å². The maximum Gasteiger partial charge on any atom is 0.0211 e. The summed E-state index contributed by atoms with van der Waals surface area (Å²) in [4.78, 5) is 2.98. The Morgan fingerprint density at radius 3 is 2.75 bits per heavy atom. The monoisotopic (exact) mass is 252 g/mol. The van der Waals surface area contributed by atoms with Crippen molar-refractivity contribution in [3.63, 3.8) is 0 Å². The molecule has 0 aliphatic carbocycles. The molecule has 0 nitrogen and oxygen atoms in total. The Labute approximate surface area is 108 Å². The van der Waals surface area contributed by atoms with Crippen molar-refractivity contribution in [2.75, 3.05) is 5.75 Å². The van der Waals surface area contributed by atoms with Crippen LogP contribution in [0.3, 0.4) is 0 Å². The van der Waals surface area contributed by atoms with Gasteiger partial charge in [-0.1, -0.05) is 44.7 Å². The Hall–Kier alpha value is -0.0800. The van der Waals surface area contributed by atoms with E-state index >= 15 is 0 Å². The third kappa shape index (κ3) is 3.46. The van der Waals surface area contributed by atoms with Crippen molar-refractivity contribution in [2.24, 2.45) is 0 Å². The van der Waals surface area contributed by atoms with Crippen molar-refractivity contribution >= 4 is 23.5 Å². The van der Waals surface area contributed by atoms with Gasteiger partial charge >= 0.3 is 0 Å². The molecule has 1 aromatic rings. The van der Waals surface area contributed by atoms with Crippen LogP contribution < -0.4 is 0 Å². The fourth-order valence-electron chi connectivity index (χ4n) is 2.00. The van der Waals surface area contributed by atoms with Crippen LogP contribution in [0.15, 0.2) is 34.1 Å². The van der Waals surface area contributed by atoms with Crippen molar-refractivity contribution in [2.45, 2.75) is 54.1 Å². The average Bonchev–Trinajstić information content (AvgIpc) is 2.34. The van der Waals surface area contributed by atoms with E-state index in [-0.39, 0.29) is 0 Å². The molecule has 0 spiro atoms. The molecule has 16 heavy (non-hydrogen) atoms. The van der Waals surface area contributed by atoms with Gasteiger partial charge in [0.05, 0.1) is 0 Å². The van der Waals surface area contributed by atoms with E-state index in [1.165, 1.54) is 47.6 Å². The molecule has 0 aromatic heterocycles. The van der Waals surface area contributed by atoms with Crippen molar-refractivity contribution in [3.8, 4) is 0 Å². The van der Waals surface area contributed by atoms with E-state index in [2.05, 4.69) is 43.0 Å². The molecule has 1 heterocycles. The minimum atomic E-state index is 0.844. The Kier molecular flexibility index (Phi) is 5.11. The minimum Gasteiger partial charge on any atom is -0.124 e. The van der Waals surface area contributed by atoms with Gasteiger partial charge in [-0.25, -0.2) is 0 Å². The van der Waals surface area contributed by atoms with Gasteiger partial charge in [-0.05, 0) is 18.6 Å². The summed E-state index contributed by atoms with van der Waals surface area (Å²) in [7, 11) is 0. The molecule has 88 valence electrons. The number of hydrogen-bond donors (Lipinski definition) is 0. The molecule has 0 saturated heterocycles. The first-order valence-electron chi connectivity index (χ1n) is 6.28. The molecule has 2 heteroatoms. The Morgan fingerprint density at radius 1 is 1.12 bits per heavy atom. The number of unbranched alkanes of at least 4 members (excludes halogenated alkanes) is 3. The van der Waals surface area contributed by atoms with E-state index in [0.717, 1.165) is 5.25 Å². The zero-order valence-corrected chi connectivity index (χ0v) is 11.6. The molecule has 0 amide bonds. The maximum absolute atomic E-state index is 2.28. The maximum atomic E-state index is 2.28. The van der Waals surface area contributed by atoms with Crippen LogP contribution in [-0.2, 0) is 0 Å².